The van der Waals surface area contributed by atoms with Gasteiger partial charge in [-0.1, -0.05) is 11.6 Å². The van der Waals surface area contributed by atoms with Gasteiger partial charge in [-0.05, 0) is 31.0 Å². The summed E-state index contributed by atoms with van der Waals surface area (Å²) in [5.41, 5.74) is -1.45. The van der Waals surface area contributed by atoms with Crippen molar-refractivity contribution in [3.63, 3.8) is 0 Å². The lowest BCUT2D eigenvalue weighted by Crippen LogP contribution is -2.31. The number of rotatable bonds is 3. The van der Waals surface area contributed by atoms with Crippen molar-refractivity contribution >= 4 is 29.2 Å². The van der Waals surface area contributed by atoms with Gasteiger partial charge in [0.15, 0.2) is 0 Å². The normalized spacial score (nSPS) is 16.4. The molecule has 4 nitrogen and oxygen atoms in total. The molecule has 17 heavy (non-hydrogen) atoms. The predicted molar refractivity (Wildman–Crippen MR) is 59.3 cm³/mol. The molecule has 1 amide bonds. The van der Waals surface area contributed by atoms with Crippen LogP contribution in [0.3, 0.4) is 0 Å². The monoisotopic (exact) mass is 257 g/mol. The van der Waals surface area contributed by atoms with Gasteiger partial charge in [0.25, 0.3) is 0 Å². The predicted octanol–water partition coefficient (Wildman–Crippen LogP) is 2.28. The SMILES string of the molecule is O=C(O)C1(C(=O)Nc2ccc(Cl)cc2F)CC1. The third-order valence-corrected chi connectivity index (χ3v) is 3.01. The molecule has 0 bridgehead atoms. The Balaban J connectivity index is 2.17. The van der Waals surface area contributed by atoms with Crippen molar-refractivity contribution in [1.29, 1.82) is 0 Å². The van der Waals surface area contributed by atoms with Crippen LogP contribution < -0.4 is 5.32 Å². The largest absolute Gasteiger partial charge is 0.480 e. The molecule has 0 saturated heterocycles. The number of carboxylic acid groups (broad SMARTS) is 1. The summed E-state index contributed by atoms with van der Waals surface area (Å²) in [5.74, 6) is -2.55. The molecule has 1 aromatic rings. The summed E-state index contributed by atoms with van der Waals surface area (Å²) in [6.45, 7) is 0. The maximum atomic E-state index is 13.4. The molecule has 0 aliphatic heterocycles. The second-order valence-corrected chi connectivity index (χ2v) is 4.40. The van der Waals surface area contributed by atoms with Crippen LogP contribution in [-0.2, 0) is 9.59 Å². The number of hydrogen-bond donors (Lipinski definition) is 2. The van der Waals surface area contributed by atoms with Crippen LogP contribution in [0, 0.1) is 11.2 Å². The highest BCUT2D eigenvalue weighted by molar-refractivity contribution is 6.30. The number of anilines is 1. The van der Waals surface area contributed by atoms with Crippen LogP contribution in [0.15, 0.2) is 18.2 Å². The first kappa shape index (κ1) is 11.9. The van der Waals surface area contributed by atoms with Gasteiger partial charge in [-0.2, -0.15) is 0 Å². The number of carboxylic acids is 1. The molecule has 0 spiro atoms. The zero-order valence-electron chi connectivity index (χ0n) is 8.67. The van der Waals surface area contributed by atoms with E-state index in [4.69, 9.17) is 16.7 Å². The second-order valence-electron chi connectivity index (χ2n) is 3.97. The molecule has 6 heteroatoms. The molecule has 1 aromatic carbocycles. The lowest BCUT2D eigenvalue weighted by atomic mass is 10.1. The van der Waals surface area contributed by atoms with Gasteiger partial charge in [0, 0.05) is 5.02 Å². The van der Waals surface area contributed by atoms with Crippen molar-refractivity contribution in [2.24, 2.45) is 5.41 Å². The molecule has 1 fully saturated rings. The average molecular weight is 258 g/mol. The third kappa shape index (κ3) is 2.10. The van der Waals surface area contributed by atoms with E-state index in [1.807, 2.05) is 0 Å². The van der Waals surface area contributed by atoms with Crippen LogP contribution in [0.5, 0.6) is 0 Å². The smallest absolute Gasteiger partial charge is 0.319 e. The highest BCUT2D eigenvalue weighted by Gasteiger charge is 2.57. The number of aliphatic carboxylic acids is 1. The lowest BCUT2D eigenvalue weighted by molar-refractivity contribution is -0.147. The standard InChI is InChI=1S/C11H9ClFNO3/c12-6-1-2-8(7(13)5-6)14-9(15)11(3-4-11)10(16)17/h1-2,5H,3-4H2,(H,14,15)(H,16,17). The van der Waals surface area contributed by atoms with E-state index in [2.05, 4.69) is 5.32 Å². The van der Waals surface area contributed by atoms with Gasteiger partial charge in [-0.25, -0.2) is 4.39 Å². The van der Waals surface area contributed by atoms with Crippen molar-refractivity contribution < 1.29 is 19.1 Å². The quantitative estimate of drug-likeness (QED) is 0.817. The zero-order chi connectivity index (χ0) is 12.6. The van der Waals surface area contributed by atoms with Crippen LogP contribution in [0.1, 0.15) is 12.8 Å². The van der Waals surface area contributed by atoms with E-state index in [0.717, 1.165) is 6.07 Å². The van der Waals surface area contributed by atoms with E-state index < -0.39 is 23.1 Å². The minimum absolute atomic E-state index is 0.0630. The van der Waals surface area contributed by atoms with E-state index in [1.165, 1.54) is 12.1 Å². The number of nitrogens with one attached hydrogen (secondary N) is 1. The van der Waals surface area contributed by atoms with Gasteiger partial charge in [0.05, 0.1) is 5.69 Å². The van der Waals surface area contributed by atoms with E-state index in [9.17, 15) is 14.0 Å². The number of carbonyl (C=O) groups is 2. The summed E-state index contributed by atoms with van der Waals surface area (Å²) in [6.07, 6.45) is 0.562. The fourth-order valence-corrected chi connectivity index (χ4v) is 1.65. The Morgan fingerprint density at radius 3 is 2.53 bits per heavy atom. The number of carbonyl (C=O) groups excluding carboxylic acids is 1. The molecule has 1 aliphatic rings. The minimum Gasteiger partial charge on any atom is -0.480 e. The summed E-state index contributed by atoms with van der Waals surface area (Å²) >= 11 is 5.56. The topological polar surface area (TPSA) is 66.4 Å². The molecule has 90 valence electrons. The molecular weight excluding hydrogens is 249 g/mol. The Hall–Kier alpha value is -1.62. The number of amides is 1. The second kappa shape index (κ2) is 4.00. The molecule has 0 atom stereocenters. The van der Waals surface area contributed by atoms with Gasteiger partial charge in [-0.15, -0.1) is 0 Å². The Labute approximate surface area is 101 Å². The first-order chi connectivity index (χ1) is 7.95. The summed E-state index contributed by atoms with van der Waals surface area (Å²) in [5, 5.41) is 11.4. The number of halogens is 2. The minimum atomic E-state index is -1.38. The number of hydrogen-bond acceptors (Lipinski definition) is 2. The lowest BCUT2D eigenvalue weighted by Gasteiger charge is -2.11. The summed E-state index contributed by atoms with van der Waals surface area (Å²) < 4.78 is 13.4. The van der Waals surface area contributed by atoms with Crippen LogP contribution >= 0.6 is 11.6 Å². The van der Waals surface area contributed by atoms with Crippen LogP contribution in [0.25, 0.3) is 0 Å². The van der Waals surface area contributed by atoms with Gasteiger partial charge in [0.1, 0.15) is 11.2 Å². The van der Waals surface area contributed by atoms with Crippen LogP contribution in [0.2, 0.25) is 5.02 Å². The van der Waals surface area contributed by atoms with E-state index in [0.29, 0.717) is 0 Å². The van der Waals surface area contributed by atoms with Crippen molar-refractivity contribution in [2.45, 2.75) is 12.8 Å². The molecule has 0 aromatic heterocycles. The van der Waals surface area contributed by atoms with Crippen molar-refractivity contribution in [3.8, 4) is 0 Å². The molecular formula is C11H9ClFNO3. The van der Waals surface area contributed by atoms with E-state index in [1.54, 1.807) is 0 Å². The Morgan fingerprint density at radius 2 is 2.06 bits per heavy atom. The summed E-state index contributed by atoms with van der Waals surface area (Å²) in [7, 11) is 0. The highest BCUT2D eigenvalue weighted by Crippen LogP contribution is 2.46. The maximum absolute atomic E-state index is 13.4. The molecule has 2 rings (SSSR count). The fraction of sp³-hybridized carbons (Fsp3) is 0.273. The molecule has 1 saturated carbocycles. The van der Waals surface area contributed by atoms with Crippen molar-refractivity contribution in [1.82, 2.24) is 0 Å². The molecule has 1 aliphatic carbocycles. The highest BCUT2D eigenvalue weighted by atomic mass is 35.5. The molecule has 0 radical (unpaired) electrons. The number of benzene rings is 1. The molecule has 0 heterocycles. The fourth-order valence-electron chi connectivity index (χ4n) is 1.50. The summed E-state index contributed by atoms with van der Waals surface area (Å²) in [4.78, 5) is 22.6. The Kier molecular flexibility index (Phi) is 2.79. The van der Waals surface area contributed by atoms with Gasteiger partial charge < -0.3 is 10.4 Å². The van der Waals surface area contributed by atoms with Crippen molar-refractivity contribution in [2.75, 3.05) is 5.32 Å². The van der Waals surface area contributed by atoms with E-state index in [-0.39, 0.29) is 23.6 Å². The van der Waals surface area contributed by atoms with Gasteiger partial charge in [-0.3, -0.25) is 9.59 Å². The third-order valence-electron chi connectivity index (χ3n) is 2.77. The average Bonchev–Trinajstić information content (AvgIpc) is 3.02. The first-order valence-corrected chi connectivity index (χ1v) is 5.33. The van der Waals surface area contributed by atoms with E-state index >= 15 is 0 Å². The zero-order valence-corrected chi connectivity index (χ0v) is 9.42. The van der Waals surface area contributed by atoms with Crippen molar-refractivity contribution in [3.05, 3.63) is 29.0 Å². The van der Waals surface area contributed by atoms with Gasteiger partial charge >= 0.3 is 5.97 Å². The van der Waals surface area contributed by atoms with Crippen LogP contribution in [0.4, 0.5) is 10.1 Å². The first-order valence-electron chi connectivity index (χ1n) is 4.95. The van der Waals surface area contributed by atoms with Gasteiger partial charge in [0.2, 0.25) is 5.91 Å². The van der Waals surface area contributed by atoms with Crippen LogP contribution in [-0.4, -0.2) is 17.0 Å². The summed E-state index contributed by atoms with van der Waals surface area (Å²) in [6, 6.07) is 3.77. The molecule has 2 N–H and O–H groups in total. The Morgan fingerprint density at radius 1 is 1.41 bits per heavy atom. The maximum Gasteiger partial charge on any atom is 0.319 e. The molecule has 0 unspecified atom stereocenters. The Bertz CT molecular complexity index is 499.